The SMILES string of the molecule is CCN1/C(=C\C=C\c2n(-c3ccccc3)c3ccc(-c4nc5ccccc5s4)cc3[n+]2CC)N(CC)c2cc(Oc3nc4ccccc4s3)ccc21.[I-]. The zero-order chi connectivity index (χ0) is 35.2. The Balaban J connectivity index is 0.00000400. The number of aromatic nitrogens is 4. The maximum Gasteiger partial charge on any atom is 0.287 e. The van der Waals surface area contributed by atoms with E-state index in [0.29, 0.717) is 5.19 Å². The molecule has 0 radical (unpaired) electrons. The Hall–Kier alpha value is -5.04. The molecule has 0 saturated carbocycles. The molecule has 0 fully saturated rings. The second kappa shape index (κ2) is 14.8. The van der Waals surface area contributed by atoms with Crippen molar-refractivity contribution in [3.8, 4) is 27.2 Å². The molecule has 53 heavy (non-hydrogen) atoms. The van der Waals surface area contributed by atoms with E-state index < -0.39 is 0 Å². The summed E-state index contributed by atoms with van der Waals surface area (Å²) < 4.78 is 13.4. The standard InChI is InChI=1S/C43H37N6OS2.HI/c1-4-46-34-26-24-31(50-43-45-33-18-11-13-20-39(33)52-43)28-37(34)47(5-2)40(46)21-14-22-41-48(6-3)36-27-29(42-44-32-17-10-12-19-38(32)51-42)23-25-35(36)49(41)30-15-8-7-9-16-30;/h7-28H,4-6H2,1-3H3;1H/q+1;/p-1. The number of benzene rings is 5. The second-order valence-corrected chi connectivity index (χ2v) is 14.6. The van der Waals surface area contributed by atoms with Crippen LogP contribution in [0, 0.1) is 0 Å². The summed E-state index contributed by atoms with van der Waals surface area (Å²) in [6.07, 6.45) is 6.67. The number of rotatable bonds is 9. The Morgan fingerprint density at radius 1 is 0.717 bits per heavy atom. The van der Waals surface area contributed by atoms with E-state index in [1.54, 1.807) is 22.7 Å². The molecule has 9 rings (SSSR count). The van der Waals surface area contributed by atoms with Crippen LogP contribution in [0.2, 0.25) is 0 Å². The molecule has 0 N–H and O–H groups in total. The second-order valence-electron chi connectivity index (χ2n) is 12.5. The number of fused-ring (bicyclic) bond motifs is 4. The lowest BCUT2D eigenvalue weighted by atomic mass is 10.2. The normalized spacial score (nSPS) is 13.5. The van der Waals surface area contributed by atoms with Crippen molar-refractivity contribution in [2.45, 2.75) is 27.3 Å². The minimum absolute atomic E-state index is 0. The van der Waals surface area contributed by atoms with Crippen LogP contribution in [0.15, 0.2) is 133 Å². The zero-order valence-corrected chi connectivity index (χ0v) is 33.4. The lowest BCUT2D eigenvalue weighted by Crippen LogP contribution is -3.00. The molecule has 10 heteroatoms. The first kappa shape index (κ1) is 35.0. The number of thiazole rings is 2. The van der Waals surface area contributed by atoms with Crippen LogP contribution in [0.25, 0.3) is 53.8 Å². The van der Waals surface area contributed by atoms with Gasteiger partial charge in [0.05, 0.1) is 38.4 Å². The molecule has 0 spiro atoms. The van der Waals surface area contributed by atoms with Crippen molar-refractivity contribution >= 4 is 71.6 Å². The average Bonchev–Trinajstić information content (AvgIpc) is 3.94. The van der Waals surface area contributed by atoms with Gasteiger partial charge in [-0.3, -0.25) is 0 Å². The molecule has 1 aliphatic heterocycles. The summed E-state index contributed by atoms with van der Waals surface area (Å²) in [5.41, 5.74) is 8.89. The quantitative estimate of drug-likeness (QED) is 0.110. The van der Waals surface area contributed by atoms with Gasteiger partial charge < -0.3 is 38.5 Å². The smallest absolute Gasteiger partial charge is 0.287 e. The van der Waals surface area contributed by atoms with Gasteiger partial charge in [0.25, 0.3) is 11.0 Å². The minimum Gasteiger partial charge on any atom is -1.00 e. The molecule has 1 aliphatic rings. The molecular formula is C43H37IN6OS2. The molecule has 4 heterocycles. The molecule has 0 amide bonds. The van der Waals surface area contributed by atoms with E-state index in [-0.39, 0.29) is 24.0 Å². The van der Waals surface area contributed by atoms with E-state index in [1.165, 1.54) is 15.9 Å². The van der Waals surface area contributed by atoms with Crippen LogP contribution in [0.4, 0.5) is 11.4 Å². The average molecular weight is 845 g/mol. The van der Waals surface area contributed by atoms with Crippen molar-refractivity contribution in [3.05, 3.63) is 139 Å². The third kappa shape index (κ3) is 6.28. The third-order valence-electron chi connectivity index (χ3n) is 9.57. The van der Waals surface area contributed by atoms with E-state index >= 15 is 0 Å². The Labute approximate surface area is 333 Å². The lowest BCUT2D eigenvalue weighted by molar-refractivity contribution is -0.670. The van der Waals surface area contributed by atoms with Crippen molar-refractivity contribution in [1.29, 1.82) is 0 Å². The van der Waals surface area contributed by atoms with Crippen molar-refractivity contribution in [2.24, 2.45) is 0 Å². The first-order valence-corrected chi connectivity index (χ1v) is 19.4. The molecule has 0 unspecified atom stereocenters. The molecule has 264 valence electrons. The van der Waals surface area contributed by atoms with Crippen LogP contribution < -0.4 is 43.1 Å². The first-order valence-electron chi connectivity index (χ1n) is 17.7. The highest BCUT2D eigenvalue weighted by molar-refractivity contribution is 7.21. The van der Waals surface area contributed by atoms with Gasteiger partial charge in [-0.1, -0.05) is 59.9 Å². The van der Waals surface area contributed by atoms with Crippen molar-refractivity contribution < 1.29 is 33.3 Å². The highest BCUT2D eigenvalue weighted by atomic mass is 127. The van der Waals surface area contributed by atoms with Gasteiger partial charge in [0.2, 0.25) is 0 Å². The summed E-state index contributed by atoms with van der Waals surface area (Å²) in [5.74, 6) is 3.03. The fraction of sp³-hybridized carbons (Fsp3) is 0.140. The van der Waals surface area contributed by atoms with Gasteiger partial charge in [0, 0.05) is 30.8 Å². The van der Waals surface area contributed by atoms with Crippen LogP contribution in [-0.2, 0) is 6.54 Å². The third-order valence-corrected chi connectivity index (χ3v) is 11.6. The van der Waals surface area contributed by atoms with E-state index in [4.69, 9.17) is 9.72 Å². The van der Waals surface area contributed by atoms with Gasteiger partial charge in [0.15, 0.2) is 11.0 Å². The van der Waals surface area contributed by atoms with Crippen molar-refractivity contribution in [2.75, 3.05) is 22.9 Å². The maximum absolute atomic E-state index is 6.31. The van der Waals surface area contributed by atoms with E-state index in [2.05, 4.69) is 154 Å². The predicted molar refractivity (Wildman–Crippen MR) is 217 cm³/mol. The number of halogens is 1. The molecule has 0 atom stereocenters. The number of ether oxygens (including phenoxy) is 1. The number of imidazole rings is 1. The number of aryl methyl sites for hydroxylation is 1. The van der Waals surface area contributed by atoms with Gasteiger partial charge in [-0.15, -0.1) is 11.3 Å². The molecule has 5 aromatic carbocycles. The molecule has 0 saturated heterocycles. The molecule has 0 aliphatic carbocycles. The van der Waals surface area contributed by atoms with Gasteiger partial charge in [-0.05, 0) is 93.6 Å². The van der Waals surface area contributed by atoms with Gasteiger partial charge in [0.1, 0.15) is 22.3 Å². The fourth-order valence-corrected chi connectivity index (χ4v) is 9.03. The summed E-state index contributed by atoms with van der Waals surface area (Å²) in [5, 5.41) is 1.69. The van der Waals surface area contributed by atoms with Crippen LogP contribution in [0.1, 0.15) is 26.6 Å². The largest absolute Gasteiger partial charge is 1.00 e. The van der Waals surface area contributed by atoms with Crippen LogP contribution >= 0.6 is 22.7 Å². The first-order chi connectivity index (χ1) is 25.6. The van der Waals surface area contributed by atoms with E-state index in [1.807, 2.05) is 24.3 Å². The summed E-state index contributed by atoms with van der Waals surface area (Å²) in [7, 11) is 0. The van der Waals surface area contributed by atoms with Crippen molar-refractivity contribution in [3.63, 3.8) is 0 Å². The monoisotopic (exact) mass is 844 g/mol. The van der Waals surface area contributed by atoms with Crippen LogP contribution in [0.3, 0.4) is 0 Å². The topological polar surface area (TPSA) is 50.3 Å². The summed E-state index contributed by atoms with van der Waals surface area (Å²) >= 11 is 3.31. The number of nitrogens with zero attached hydrogens (tertiary/aromatic N) is 6. The Morgan fingerprint density at radius 3 is 2.13 bits per heavy atom. The Bertz CT molecular complexity index is 2590. The fourth-order valence-electron chi connectivity index (χ4n) is 7.23. The highest BCUT2D eigenvalue weighted by Crippen LogP contribution is 2.44. The van der Waals surface area contributed by atoms with Crippen LogP contribution in [-0.4, -0.2) is 27.6 Å². The number of allylic oxidation sites excluding steroid dienone is 2. The predicted octanol–water partition coefficient (Wildman–Crippen LogP) is 7.84. The van der Waals surface area contributed by atoms with Crippen LogP contribution in [0.5, 0.6) is 10.9 Å². The number of para-hydroxylation sites is 3. The summed E-state index contributed by atoms with van der Waals surface area (Å²) in [4.78, 5) is 14.4. The van der Waals surface area contributed by atoms with E-state index in [9.17, 15) is 0 Å². The van der Waals surface area contributed by atoms with E-state index in [0.717, 1.165) is 80.2 Å². The lowest BCUT2D eigenvalue weighted by Gasteiger charge is -2.23. The summed E-state index contributed by atoms with van der Waals surface area (Å²) in [6, 6.07) is 40.2. The minimum atomic E-state index is 0. The Kier molecular flexibility index (Phi) is 9.76. The number of hydrogen-bond acceptors (Lipinski definition) is 7. The van der Waals surface area contributed by atoms with Gasteiger partial charge in [-0.25, -0.2) is 14.5 Å². The number of hydrogen-bond donors (Lipinski definition) is 0. The molecular weight excluding hydrogens is 808 g/mol. The Morgan fingerprint density at radius 2 is 1.42 bits per heavy atom. The highest BCUT2D eigenvalue weighted by Gasteiger charge is 2.30. The number of anilines is 2. The molecule has 0 bridgehead atoms. The van der Waals surface area contributed by atoms with Gasteiger partial charge in [-0.2, -0.15) is 4.57 Å². The molecule has 8 aromatic rings. The zero-order valence-electron chi connectivity index (χ0n) is 29.6. The maximum atomic E-state index is 6.31. The van der Waals surface area contributed by atoms with Gasteiger partial charge >= 0.3 is 0 Å². The molecule has 7 nitrogen and oxygen atoms in total. The molecule has 3 aromatic heterocycles. The summed E-state index contributed by atoms with van der Waals surface area (Å²) in [6.45, 7) is 9.10. The van der Waals surface area contributed by atoms with Crippen molar-refractivity contribution in [1.82, 2.24) is 14.5 Å².